The van der Waals surface area contributed by atoms with Crippen LogP contribution in [0.1, 0.15) is 0 Å². The summed E-state index contributed by atoms with van der Waals surface area (Å²) in [6.45, 7) is 0. The smallest absolute Gasteiger partial charge is 0.406 e. The zero-order valence-corrected chi connectivity index (χ0v) is 9.66. The standard InChI is InChI=1S/C12H7ClF3NO/c13-11-6-9(18-12(14,15)16)3-4-10(11)8-2-1-5-17-7-8/h1-7H. The Labute approximate surface area is 106 Å². The van der Waals surface area contributed by atoms with Crippen LogP contribution in [0.15, 0.2) is 42.7 Å². The maximum atomic E-state index is 12.0. The van der Waals surface area contributed by atoms with Crippen molar-refractivity contribution in [2.24, 2.45) is 0 Å². The summed E-state index contributed by atoms with van der Waals surface area (Å²) in [5.41, 5.74) is 1.32. The summed E-state index contributed by atoms with van der Waals surface area (Å²) < 4.78 is 39.8. The average molecular weight is 274 g/mol. The van der Waals surface area contributed by atoms with Gasteiger partial charge in [-0.15, -0.1) is 13.2 Å². The second kappa shape index (κ2) is 4.86. The number of nitrogens with zero attached hydrogens (tertiary/aromatic N) is 1. The number of hydrogen-bond donors (Lipinski definition) is 0. The Morgan fingerprint density at radius 3 is 2.50 bits per heavy atom. The molecular weight excluding hydrogens is 267 g/mol. The highest BCUT2D eigenvalue weighted by molar-refractivity contribution is 6.33. The van der Waals surface area contributed by atoms with Gasteiger partial charge in [0, 0.05) is 23.5 Å². The van der Waals surface area contributed by atoms with Gasteiger partial charge in [-0.05, 0) is 24.3 Å². The molecular formula is C12H7ClF3NO. The summed E-state index contributed by atoms with van der Waals surface area (Å²) in [4.78, 5) is 3.91. The highest BCUT2D eigenvalue weighted by atomic mass is 35.5. The molecule has 0 saturated heterocycles. The number of aromatic nitrogens is 1. The molecule has 0 spiro atoms. The first-order valence-electron chi connectivity index (χ1n) is 4.91. The van der Waals surface area contributed by atoms with Gasteiger partial charge >= 0.3 is 6.36 Å². The van der Waals surface area contributed by atoms with E-state index in [1.165, 1.54) is 12.1 Å². The predicted octanol–water partition coefficient (Wildman–Crippen LogP) is 4.30. The van der Waals surface area contributed by atoms with Gasteiger partial charge in [-0.3, -0.25) is 4.98 Å². The van der Waals surface area contributed by atoms with Crippen LogP contribution in [0.2, 0.25) is 5.02 Å². The fourth-order valence-corrected chi connectivity index (χ4v) is 1.73. The first-order chi connectivity index (χ1) is 8.46. The van der Waals surface area contributed by atoms with Crippen molar-refractivity contribution in [3.8, 4) is 16.9 Å². The second-order valence-corrected chi connectivity index (χ2v) is 3.84. The van der Waals surface area contributed by atoms with Gasteiger partial charge in [-0.25, -0.2) is 0 Å². The van der Waals surface area contributed by atoms with Crippen LogP contribution in [0.3, 0.4) is 0 Å². The van der Waals surface area contributed by atoms with E-state index in [4.69, 9.17) is 11.6 Å². The molecule has 2 aromatic rings. The van der Waals surface area contributed by atoms with Crippen LogP contribution in [0, 0.1) is 0 Å². The van der Waals surface area contributed by atoms with Crippen molar-refractivity contribution in [1.82, 2.24) is 4.98 Å². The largest absolute Gasteiger partial charge is 0.573 e. The van der Waals surface area contributed by atoms with E-state index in [1.54, 1.807) is 24.5 Å². The van der Waals surface area contributed by atoms with Crippen molar-refractivity contribution in [2.75, 3.05) is 0 Å². The highest BCUT2D eigenvalue weighted by Crippen LogP contribution is 2.32. The number of alkyl halides is 3. The molecule has 1 heterocycles. The summed E-state index contributed by atoms with van der Waals surface area (Å²) in [5.74, 6) is -0.347. The Balaban J connectivity index is 2.32. The number of ether oxygens (including phenoxy) is 1. The minimum Gasteiger partial charge on any atom is -0.406 e. The third kappa shape index (κ3) is 3.13. The molecule has 0 aliphatic rings. The summed E-state index contributed by atoms with van der Waals surface area (Å²) in [5, 5.41) is 0.171. The second-order valence-electron chi connectivity index (χ2n) is 3.43. The van der Waals surface area contributed by atoms with E-state index in [-0.39, 0.29) is 10.8 Å². The fourth-order valence-electron chi connectivity index (χ4n) is 1.45. The Kier molecular flexibility index (Phi) is 3.43. The minimum absolute atomic E-state index is 0.171. The molecule has 2 rings (SSSR count). The Hall–Kier alpha value is -1.75. The number of halogens is 4. The van der Waals surface area contributed by atoms with Gasteiger partial charge in [-0.2, -0.15) is 0 Å². The van der Waals surface area contributed by atoms with E-state index in [9.17, 15) is 13.2 Å². The van der Waals surface area contributed by atoms with E-state index in [0.29, 0.717) is 5.56 Å². The molecule has 94 valence electrons. The molecule has 0 atom stereocenters. The van der Waals surface area contributed by atoms with Gasteiger partial charge in [0.15, 0.2) is 0 Å². The van der Waals surface area contributed by atoms with E-state index < -0.39 is 6.36 Å². The molecule has 1 aromatic carbocycles. The van der Waals surface area contributed by atoms with Crippen molar-refractivity contribution in [3.63, 3.8) is 0 Å². The van der Waals surface area contributed by atoms with E-state index in [1.807, 2.05) is 0 Å². The van der Waals surface area contributed by atoms with Crippen molar-refractivity contribution >= 4 is 11.6 Å². The topological polar surface area (TPSA) is 22.1 Å². The Bertz CT molecular complexity index is 543. The van der Waals surface area contributed by atoms with Crippen LogP contribution in [0.25, 0.3) is 11.1 Å². The minimum atomic E-state index is -4.72. The summed E-state index contributed by atoms with van der Waals surface area (Å²) in [6, 6.07) is 7.27. The van der Waals surface area contributed by atoms with Crippen molar-refractivity contribution in [2.45, 2.75) is 6.36 Å². The molecule has 18 heavy (non-hydrogen) atoms. The molecule has 0 saturated carbocycles. The summed E-state index contributed by atoms with van der Waals surface area (Å²) in [7, 11) is 0. The normalized spacial score (nSPS) is 11.3. The molecule has 0 radical (unpaired) electrons. The Morgan fingerprint density at radius 2 is 1.94 bits per heavy atom. The van der Waals surface area contributed by atoms with Crippen LogP contribution >= 0.6 is 11.6 Å². The zero-order valence-electron chi connectivity index (χ0n) is 8.91. The summed E-state index contributed by atoms with van der Waals surface area (Å²) >= 11 is 5.92. The maximum Gasteiger partial charge on any atom is 0.573 e. The lowest BCUT2D eigenvalue weighted by atomic mass is 10.1. The van der Waals surface area contributed by atoms with Crippen molar-refractivity contribution < 1.29 is 17.9 Å². The van der Waals surface area contributed by atoms with Gasteiger partial charge < -0.3 is 4.74 Å². The molecule has 0 N–H and O–H groups in total. The van der Waals surface area contributed by atoms with Crippen molar-refractivity contribution in [3.05, 3.63) is 47.7 Å². The van der Waals surface area contributed by atoms with Crippen LogP contribution in [-0.2, 0) is 0 Å². The molecule has 0 unspecified atom stereocenters. The monoisotopic (exact) mass is 273 g/mol. The van der Waals surface area contributed by atoms with Gasteiger partial charge in [0.2, 0.25) is 0 Å². The van der Waals surface area contributed by atoms with Gasteiger partial charge in [0.1, 0.15) is 5.75 Å². The molecule has 0 amide bonds. The molecule has 6 heteroatoms. The number of hydrogen-bond acceptors (Lipinski definition) is 2. The first kappa shape index (κ1) is 12.7. The predicted molar refractivity (Wildman–Crippen MR) is 61.4 cm³/mol. The number of rotatable bonds is 2. The van der Waals surface area contributed by atoms with Crippen LogP contribution < -0.4 is 4.74 Å². The molecule has 1 aromatic heterocycles. The zero-order chi connectivity index (χ0) is 13.2. The molecule has 0 aliphatic carbocycles. The average Bonchev–Trinajstić information content (AvgIpc) is 2.28. The summed E-state index contributed by atoms with van der Waals surface area (Å²) in [6.07, 6.45) is -1.55. The first-order valence-corrected chi connectivity index (χ1v) is 5.29. The molecule has 0 fully saturated rings. The maximum absolute atomic E-state index is 12.0. The van der Waals surface area contributed by atoms with Crippen LogP contribution in [-0.4, -0.2) is 11.3 Å². The highest BCUT2D eigenvalue weighted by Gasteiger charge is 2.31. The third-order valence-electron chi connectivity index (χ3n) is 2.15. The molecule has 0 aliphatic heterocycles. The van der Waals surface area contributed by atoms with Crippen molar-refractivity contribution in [1.29, 1.82) is 0 Å². The SMILES string of the molecule is FC(F)(F)Oc1ccc(-c2cccnc2)c(Cl)c1. The van der Waals surface area contributed by atoms with Gasteiger partial charge in [0.05, 0.1) is 5.02 Å². The quantitative estimate of drug-likeness (QED) is 0.814. The fraction of sp³-hybridized carbons (Fsp3) is 0.0833. The van der Waals surface area contributed by atoms with E-state index in [0.717, 1.165) is 11.6 Å². The lowest BCUT2D eigenvalue weighted by Gasteiger charge is -2.10. The van der Waals surface area contributed by atoms with Crippen LogP contribution in [0.5, 0.6) is 5.75 Å². The van der Waals surface area contributed by atoms with Gasteiger partial charge in [-0.1, -0.05) is 17.7 Å². The number of pyridine rings is 1. The van der Waals surface area contributed by atoms with Crippen LogP contribution in [0.4, 0.5) is 13.2 Å². The number of benzene rings is 1. The molecule has 2 nitrogen and oxygen atoms in total. The van der Waals surface area contributed by atoms with E-state index >= 15 is 0 Å². The lowest BCUT2D eigenvalue weighted by molar-refractivity contribution is -0.274. The van der Waals surface area contributed by atoms with E-state index in [2.05, 4.69) is 9.72 Å². The van der Waals surface area contributed by atoms with Gasteiger partial charge in [0.25, 0.3) is 0 Å². The Morgan fingerprint density at radius 1 is 1.17 bits per heavy atom. The lowest BCUT2D eigenvalue weighted by Crippen LogP contribution is -2.17. The molecule has 0 bridgehead atoms. The third-order valence-corrected chi connectivity index (χ3v) is 2.46.